The van der Waals surface area contributed by atoms with Crippen LogP contribution in [0.15, 0.2) is 12.4 Å². The van der Waals surface area contributed by atoms with Gasteiger partial charge in [0, 0.05) is 44.9 Å². The first-order valence-electron chi connectivity index (χ1n) is 13.5. The van der Waals surface area contributed by atoms with Crippen molar-refractivity contribution in [3.63, 3.8) is 0 Å². The van der Waals surface area contributed by atoms with Crippen LogP contribution in [0.5, 0.6) is 0 Å². The Morgan fingerprint density at radius 3 is 2.83 bits per heavy atom. The van der Waals surface area contributed by atoms with Crippen LogP contribution in [0.3, 0.4) is 0 Å². The van der Waals surface area contributed by atoms with Gasteiger partial charge in [-0.3, -0.25) is 4.79 Å². The number of amides is 1. The van der Waals surface area contributed by atoms with E-state index in [1.807, 2.05) is 9.80 Å². The molecule has 1 amide bonds. The fraction of sp³-hybridized carbons (Fsp3) is 0.800. The summed E-state index contributed by atoms with van der Waals surface area (Å²) < 4.78 is 58.0. The van der Waals surface area contributed by atoms with E-state index in [9.17, 15) is 18.0 Å². The second kappa shape index (κ2) is 9.72. The largest absolute Gasteiger partial charge is 0.433 e. The Balaban J connectivity index is 1.25. The van der Waals surface area contributed by atoms with E-state index < -0.39 is 17.3 Å². The molecular formula is C25H36F3N5O3. The average molecular weight is 513 g/mol. The summed E-state index contributed by atoms with van der Waals surface area (Å²) in [6.45, 7) is 6.33. The lowest BCUT2D eigenvalue weighted by Gasteiger charge is -2.42. The molecule has 8 nitrogen and oxygen atoms in total. The average Bonchev–Trinajstić information content (AvgIpc) is 3.60. The van der Waals surface area contributed by atoms with Gasteiger partial charge < -0.3 is 24.6 Å². The number of methoxy groups -OCH3 is 1. The van der Waals surface area contributed by atoms with Gasteiger partial charge in [-0.1, -0.05) is 13.8 Å². The first-order valence-corrected chi connectivity index (χ1v) is 12.8. The number of anilines is 1. The summed E-state index contributed by atoms with van der Waals surface area (Å²) in [5.41, 5.74) is -1.42. The summed E-state index contributed by atoms with van der Waals surface area (Å²) in [6.07, 6.45) is 0.271. The molecule has 3 saturated heterocycles. The highest BCUT2D eigenvalue weighted by molar-refractivity contribution is 5.84. The van der Waals surface area contributed by atoms with Crippen molar-refractivity contribution in [2.75, 3.05) is 38.3 Å². The maximum Gasteiger partial charge on any atom is 0.433 e. The Morgan fingerprint density at radius 2 is 2.14 bits per heavy atom. The molecule has 4 fully saturated rings. The number of nitrogens with one attached hydrogen (secondary N) is 1. The molecule has 200 valence electrons. The molecule has 0 radical (unpaired) electrons. The first-order chi connectivity index (χ1) is 17.6. The zero-order chi connectivity index (χ0) is 26.4. The van der Waals surface area contributed by atoms with E-state index in [0.29, 0.717) is 26.3 Å². The molecule has 4 aliphatic rings. The van der Waals surface area contributed by atoms with Crippen molar-refractivity contribution < 1.29 is 28.8 Å². The van der Waals surface area contributed by atoms with E-state index in [-0.39, 0.29) is 55.0 Å². The number of alkyl halides is 3. The van der Waals surface area contributed by atoms with Gasteiger partial charge in [-0.05, 0) is 38.0 Å². The molecule has 1 saturated carbocycles. The number of nitrogens with zero attached hydrogens (tertiary/aromatic N) is 4. The number of halogens is 3. The van der Waals surface area contributed by atoms with E-state index in [0.717, 1.165) is 44.5 Å². The molecule has 0 spiro atoms. The van der Waals surface area contributed by atoms with Gasteiger partial charge >= 0.3 is 6.18 Å². The molecule has 1 aliphatic carbocycles. The number of likely N-dealkylation sites (tertiary alicyclic amines) is 1. The molecule has 0 aromatic carbocycles. The molecular weight excluding hydrogens is 475 g/mol. The Labute approximate surface area is 211 Å². The van der Waals surface area contributed by atoms with Crippen LogP contribution in [0.2, 0.25) is 0 Å². The summed E-state index contributed by atoms with van der Waals surface area (Å²) in [7, 11) is -0.105. The van der Waals surface area contributed by atoms with E-state index >= 15 is 0 Å². The number of hydrogen-bond donors (Lipinski definition) is 1. The van der Waals surface area contributed by atoms with E-state index in [1.165, 1.54) is 0 Å². The minimum Gasteiger partial charge on any atom is -0.379 e. The van der Waals surface area contributed by atoms with Gasteiger partial charge in [0.25, 0.3) is 0 Å². The Morgan fingerprint density at radius 1 is 1.31 bits per heavy atom. The third kappa shape index (κ3) is 4.58. The second-order valence-electron chi connectivity index (χ2n) is 11.0. The normalized spacial score (nSPS) is 35.1. The SMILES string of the molecule is [2H]CO[C@@H]1COCC[C@@H]1N[C@@H]1CC[C@@](C(=O)N2C[C@@H]3C[C@H]2CN3c2cc(C(F)(F)F)ncn2)(C(C)C)C1. The lowest BCUT2D eigenvalue weighted by atomic mass is 9.74. The number of carbonyl (C=O) groups excluding carboxylic acids is 1. The molecule has 2 bridgehead atoms. The number of rotatable bonds is 6. The number of aromatic nitrogens is 2. The highest BCUT2D eigenvalue weighted by Gasteiger charge is 2.55. The molecule has 1 N–H and O–H groups in total. The smallest absolute Gasteiger partial charge is 0.379 e. The third-order valence-corrected chi connectivity index (χ3v) is 8.79. The van der Waals surface area contributed by atoms with Crippen LogP contribution in [0.25, 0.3) is 0 Å². The highest BCUT2D eigenvalue weighted by atomic mass is 19.4. The fourth-order valence-electron chi connectivity index (χ4n) is 6.69. The van der Waals surface area contributed by atoms with Crippen LogP contribution >= 0.6 is 0 Å². The number of fused-ring (bicyclic) bond motifs is 2. The van der Waals surface area contributed by atoms with Crippen molar-refractivity contribution in [3.8, 4) is 0 Å². The first kappa shape index (κ1) is 24.4. The quantitative estimate of drug-likeness (QED) is 0.628. The fourth-order valence-corrected chi connectivity index (χ4v) is 6.69. The highest BCUT2D eigenvalue weighted by Crippen LogP contribution is 2.48. The minimum absolute atomic E-state index is 0.0326. The lowest BCUT2D eigenvalue weighted by molar-refractivity contribution is -0.146. The van der Waals surface area contributed by atoms with Gasteiger partial charge in [-0.25, -0.2) is 9.97 Å². The number of ether oxygens (including phenoxy) is 2. The van der Waals surface area contributed by atoms with Crippen molar-refractivity contribution in [3.05, 3.63) is 18.1 Å². The van der Waals surface area contributed by atoms with Crippen molar-refractivity contribution in [2.24, 2.45) is 11.3 Å². The predicted molar refractivity (Wildman–Crippen MR) is 126 cm³/mol. The monoisotopic (exact) mass is 512 g/mol. The van der Waals surface area contributed by atoms with Crippen LogP contribution in [-0.4, -0.2) is 84.4 Å². The molecule has 36 heavy (non-hydrogen) atoms. The Kier molecular flexibility index (Phi) is 6.58. The summed E-state index contributed by atoms with van der Waals surface area (Å²) in [5, 5.41) is 3.71. The standard InChI is InChI=1S/C25H36F3N5O3/c1-15(2)24(6-4-16(10-24)31-19-5-7-36-13-20(19)35-3)23(34)33-12-17-8-18(33)11-32(17)22-9-21(25(26,27)28)29-14-30-22/h9,14-20,31H,4-8,10-13H2,1-3H3/t16-,17+,18+,19+,20-,24+/m1/s1/i3D. The lowest BCUT2D eigenvalue weighted by Crippen LogP contribution is -2.55. The minimum atomic E-state index is -4.52. The molecule has 3 aliphatic heterocycles. The predicted octanol–water partition coefficient (Wildman–Crippen LogP) is 2.87. The molecule has 4 heterocycles. The zero-order valence-electron chi connectivity index (χ0n) is 21.8. The van der Waals surface area contributed by atoms with Crippen LogP contribution < -0.4 is 10.2 Å². The van der Waals surface area contributed by atoms with Crippen molar-refractivity contribution in [1.82, 2.24) is 20.2 Å². The van der Waals surface area contributed by atoms with Crippen molar-refractivity contribution >= 4 is 11.7 Å². The van der Waals surface area contributed by atoms with E-state index in [1.54, 1.807) is 0 Å². The Hall–Kier alpha value is -1.98. The van der Waals surface area contributed by atoms with Gasteiger partial charge in [0.05, 0.1) is 31.6 Å². The summed E-state index contributed by atoms with van der Waals surface area (Å²) >= 11 is 0. The molecule has 0 unspecified atom stereocenters. The number of carbonyl (C=O) groups is 1. The molecule has 1 aromatic heterocycles. The third-order valence-electron chi connectivity index (χ3n) is 8.79. The molecule has 1 aromatic rings. The molecule has 11 heteroatoms. The van der Waals surface area contributed by atoms with Crippen molar-refractivity contribution in [1.29, 1.82) is 0 Å². The zero-order valence-corrected chi connectivity index (χ0v) is 20.8. The van der Waals surface area contributed by atoms with Gasteiger partial charge in [0.15, 0.2) is 0 Å². The topological polar surface area (TPSA) is 79.8 Å². The van der Waals surface area contributed by atoms with Crippen LogP contribution in [0.1, 0.15) is 53.0 Å². The maximum absolute atomic E-state index is 14.1. The molecule has 6 atom stereocenters. The second-order valence-corrected chi connectivity index (χ2v) is 11.0. The van der Waals surface area contributed by atoms with Gasteiger partial charge in [-0.15, -0.1) is 0 Å². The van der Waals surface area contributed by atoms with Gasteiger partial charge in [-0.2, -0.15) is 13.2 Å². The number of hydrogen-bond acceptors (Lipinski definition) is 7. The van der Waals surface area contributed by atoms with E-state index in [4.69, 9.17) is 10.8 Å². The number of piperazine rings is 1. The van der Waals surface area contributed by atoms with Gasteiger partial charge in [0.2, 0.25) is 5.91 Å². The molecule has 5 rings (SSSR count). The van der Waals surface area contributed by atoms with Crippen LogP contribution in [0, 0.1) is 11.3 Å². The summed E-state index contributed by atoms with van der Waals surface area (Å²) in [5.74, 6) is 0.600. The summed E-state index contributed by atoms with van der Waals surface area (Å²) in [6, 6.07) is 1.21. The Bertz CT molecular complexity index is 983. The summed E-state index contributed by atoms with van der Waals surface area (Å²) in [4.78, 5) is 25.4. The van der Waals surface area contributed by atoms with Crippen LogP contribution in [-0.2, 0) is 20.4 Å². The van der Waals surface area contributed by atoms with Crippen molar-refractivity contribution in [2.45, 2.75) is 82.4 Å². The van der Waals surface area contributed by atoms with Crippen LogP contribution in [0.4, 0.5) is 19.0 Å². The van der Waals surface area contributed by atoms with E-state index in [2.05, 4.69) is 29.1 Å². The maximum atomic E-state index is 14.1. The van der Waals surface area contributed by atoms with Gasteiger partial charge in [0.1, 0.15) is 17.8 Å².